The normalized spacial score (nSPS) is 25.6. The summed E-state index contributed by atoms with van der Waals surface area (Å²) in [5, 5.41) is 12.1. The maximum atomic E-state index is 12.7. The number of nitrogens with one attached hydrogen (secondary N) is 1. The maximum Gasteiger partial charge on any atom is 0.471 e. The summed E-state index contributed by atoms with van der Waals surface area (Å²) < 4.78 is 37.5. The first-order valence-electron chi connectivity index (χ1n) is 8.71. The van der Waals surface area contributed by atoms with Gasteiger partial charge in [0.05, 0.1) is 11.8 Å². The van der Waals surface area contributed by atoms with Crippen molar-refractivity contribution in [1.29, 1.82) is 0 Å². The van der Waals surface area contributed by atoms with E-state index < -0.39 is 35.8 Å². The van der Waals surface area contributed by atoms with E-state index in [1.54, 1.807) is 12.1 Å². The van der Waals surface area contributed by atoms with Crippen LogP contribution < -0.4 is 5.32 Å². The Morgan fingerprint density at radius 3 is 2.43 bits per heavy atom. The average molecular weight is 396 g/mol. The third-order valence-corrected chi connectivity index (χ3v) is 5.25. The molecule has 28 heavy (non-hydrogen) atoms. The van der Waals surface area contributed by atoms with Gasteiger partial charge in [-0.25, -0.2) is 0 Å². The predicted octanol–water partition coefficient (Wildman–Crippen LogP) is 2.67. The first kappa shape index (κ1) is 19.9. The van der Waals surface area contributed by atoms with E-state index in [2.05, 4.69) is 5.32 Å². The minimum absolute atomic E-state index is 0.134. The summed E-state index contributed by atoms with van der Waals surface area (Å²) in [5.74, 6) is -5.17. The molecule has 4 atom stereocenters. The third kappa shape index (κ3) is 3.88. The second kappa shape index (κ2) is 7.29. The van der Waals surface area contributed by atoms with E-state index in [0.29, 0.717) is 22.6 Å². The highest BCUT2D eigenvalue weighted by Crippen LogP contribution is 2.48. The molecule has 2 bridgehead atoms. The topological polar surface area (TPSA) is 86.7 Å². The van der Waals surface area contributed by atoms with Gasteiger partial charge < -0.3 is 15.3 Å². The fraction of sp³-hybridized carbons (Fsp3) is 0.421. The van der Waals surface area contributed by atoms with Crippen molar-refractivity contribution in [3.63, 3.8) is 0 Å². The number of benzene rings is 1. The van der Waals surface area contributed by atoms with Crippen molar-refractivity contribution in [3.8, 4) is 0 Å². The Balaban J connectivity index is 1.69. The lowest BCUT2D eigenvalue weighted by Gasteiger charge is -2.24. The van der Waals surface area contributed by atoms with E-state index in [4.69, 9.17) is 0 Å². The number of hydrogen-bond acceptors (Lipinski definition) is 3. The van der Waals surface area contributed by atoms with Crippen molar-refractivity contribution in [3.05, 3.63) is 42.0 Å². The van der Waals surface area contributed by atoms with E-state index in [1.807, 2.05) is 12.2 Å². The number of aliphatic carboxylic acids is 1. The zero-order valence-corrected chi connectivity index (χ0v) is 14.9. The molecular weight excluding hydrogens is 377 g/mol. The summed E-state index contributed by atoms with van der Waals surface area (Å²) in [6.45, 7) is -0.281. The van der Waals surface area contributed by atoms with E-state index in [-0.39, 0.29) is 18.4 Å². The number of carboxylic acids is 1. The molecule has 6 nitrogen and oxygen atoms in total. The molecule has 1 aromatic carbocycles. The zero-order chi connectivity index (χ0) is 20.6. The number of carboxylic acid groups (broad SMARTS) is 1. The van der Waals surface area contributed by atoms with Gasteiger partial charge >= 0.3 is 18.1 Å². The van der Waals surface area contributed by atoms with Crippen LogP contribution in [-0.4, -0.2) is 41.0 Å². The molecule has 4 unspecified atom stereocenters. The fourth-order valence-corrected chi connectivity index (χ4v) is 4.05. The second-order valence-corrected chi connectivity index (χ2v) is 7.19. The zero-order valence-electron chi connectivity index (χ0n) is 14.9. The van der Waals surface area contributed by atoms with Crippen LogP contribution in [0.15, 0.2) is 36.4 Å². The Labute approximate surface area is 159 Å². The van der Waals surface area contributed by atoms with Crippen molar-refractivity contribution in [2.75, 3.05) is 12.4 Å². The molecule has 9 heteroatoms. The van der Waals surface area contributed by atoms with Gasteiger partial charge in [-0.3, -0.25) is 14.4 Å². The molecular formula is C19H19F3N2O4. The molecule has 0 aliphatic heterocycles. The summed E-state index contributed by atoms with van der Waals surface area (Å²) in [6.07, 6.45) is -0.634. The Bertz CT molecular complexity index is 837. The number of rotatable bonds is 5. The van der Waals surface area contributed by atoms with Gasteiger partial charge in [0.15, 0.2) is 0 Å². The number of nitrogens with zero attached hydrogens (tertiary/aromatic N) is 1. The van der Waals surface area contributed by atoms with E-state index in [9.17, 15) is 32.7 Å². The maximum absolute atomic E-state index is 12.7. The van der Waals surface area contributed by atoms with Crippen molar-refractivity contribution >= 4 is 23.5 Å². The minimum atomic E-state index is -4.96. The number of hydrogen-bond donors (Lipinski definition) is 2. The van der Waals surface area contributed by atoms with Crippen molar-refractivity contribution < 1.29 is 32.7 Å². The average Bonchev–Trinajstić information content (AvgIpc) is 3.21. The number of amides is 2. The molecule has 1 fully saturated rings. The third-order valence-electron chi connectivity index (χ3n) is 5.25. The number of carbonyl (C=O) groups excluding carboxylic acids is 2. The van der Waals surface area contributed by atoms with Gasteiger partial charge in [0.1, 0.15) is 0 Å². The molecule has 1 aromatic rings. The molecule has 3 rings (SSSR count). The first-order chi connectivity index (χ1) is 13.1. The van der Waals surface area contributed by atoms with Crippen LogP contribution in [0.4, 0.5) is 18.9 Å². The van der Waals surface area contributed by atoms with Crippen LogP contribution in [0.1, 0.15) is 12.0 Å². The molecule has 2 aliphatic rings. The number of anilines is 1. The number of halogens is 3. The number of alkyl halides is 3. The monoisotopic (exact) mass is 396 g/mol. The molecule has 2 aliphatic carbocycles. The van der Waals surface area contributed by atoms with Gasteiger partial charge in [-0.15, -0.1) is 0 Å². The van der Waals surface area contributed by atoms with Crippen molar-refractivity contribution in [2.24, 2.45) is 23.7 Å². The van der Waals surface area contributed by atoms with Crippen molar-refractivity contribution in [2.45, 2.75) is 19.1 Å². The Kier molecular flexibility index (Phi) is 5.18. The lowest BCUT2D eigenvalue weighted by molar-refractivity contribution is -0.184. The quantitative estimate of drug-likeness (QED) is 0.750. The van der Waals surface area contributed by atoms with Crippen LogP contribution in [0.5, 0.6) is 0 Å². The fourth-order valence-electron chi connectivity index (χ4n) is 4.05. The van der Waals surface area contributed by atoms with Crippen LogP contribution >= 0.6 is 0 Å². The molecule has 2 N–H and O–H groups in total. The van der Waals surface area contributed by atoms with Gasteiger partial charge in [0, 0.05) is 19.3 Å². The second-order valence-electron chi connectivity index (χ2n) is 7.19. The highest BCUT2D eigenvalue weighted by Gasteiger charge is 2.51. The van der Waals surface area contributed by atoms with Gasteiger partial charge in [0.25, 0.3) is 0 Å². The van der Waals surface area contributed by atoms with Gasteiger partial charge in [-0.2, -0.15) is 13.2 Å². The van der Waals surface area contributed by atoms with E-state index in [1.165, 1.54) is 12.1 Å². The Morgan fingerprint density at radius 2 is 1.82 bits per heavy atom. The van der Waals surface area contributed by atoms with Crippen LogP contribution in [0, 0.1) is 23.7 Å². The van der Waals surface area contributed by atoms with Crippen LogP contribution in [-0.2, 0) is 20.9 Å². The minimum Gasteiger partial charge on any atom is -0.481 e. The Morgan fingerprint density at radius 1 is 1.18 bits per heavy atom. The standard InChI is InChI=1S/C19H19F3N2O4/c1-24(18(28)19(20,21)22)9-10-3-2-4-13(7-10)23-16(25)14-11-5-6-12(8-11)15(14)17(26)27/h2-7,11-12,14-15H,8-9H2,1H3,(H,23,25)(H,26,27). The van der Waals surface area contributed by atoms with Crippen LogP contribution in [0.3, 0.4) is 0 Å². The van der Waals surface area contributed by atoms with E-state index >= 15 is 0 Å². The lowest BCUT2D eigenvalue weighted by Crippen LogP contribution is -2.38. The summed E-state index contributed by atoms with van der Waals surface area (Å²) in [4.78, 5) is 36.0. The molecule has 0 saturated heterocycles. The molecule has 0 radical (unpaired) electrons. The largest absolute Gasteiger partial charge is 0.481 e. The van der Waals surface area contributed by atoms with Gasteiger partial charge in [0.2, 0.25) is 5.91 Å². The molecule has 0 heterocycles. The predicted molar refractivity (Wildman–Crippen MR) is 93.0 cm³/mol. The number of carbonyl (C=O) groups is 3. The Hall–Kier alpha value is -2.84. The molecule has 0 spiro atoms. The van der Waals surface area contributed by atoms with Gasteiger partial charge in [-0.05, 0) is 36.0 Å². The van der Waals surface area contributed by atoms with Crippen LogP contribution in [0.25, 0.3) is 0 Å². The van der Waals surface area contributed by atoms with Crippen molar-refractivity contribution in [1.82, 2.24) is 4.90 Å². The summed E-state index contributed by atoms with van der Waals surface area (Å²) in [7, 11) is 1.04. The number of fused-ring (bicyclic) bond motifs is 2. The van der Waals surface area contributed by atoms with Gasteiger partial charge in [-0.1, -0.05) is 24.3 Å². The molecule has 150 valence electrons. The molecule has 2 amide bonds. The highest BCUT2D eigenvalue weighted by atomic mass is 19.4. The lowest BCUT2D eigenvalue weighted by atomic mass is 9.82. The van der Waals surface area contributed by atoms with Crippen LogP contribution in [0.2, 0.25) is 0 Å². The SMILES string of the molecule is CN(Cc1cccc(NC(=O)C2C3C=CC(C3)C2C(=O)O)c1)C(=O)C(F)(F)F. The van der Waals surface area contributed by atoms with E-state index in [0.717, 1.165) is 7.05 Å². The highest BCUT2D eigenvalue weighted by molar-refractivity contribution is 5.96. The number of allylic oxidation sites excluding steroid dienone is 2. The summed E-state index contributed by atoms with van der Waals surface area (Å²) in [6, 6.07) is 6.12. The summed E-state index contributed by atoms with van der Waals surface area (Å²) in [5.41, 5.74) is 0.742. The smallest absolute Gasteiger partial charge is 0.471 e. The molecule has 1 saturated carbocycles. The molecule has 0 aromatic heterocycles. The first-order valence-corrected chi connectivity index (χ1v) is 8.71. The summed E-state index contributed by atoms with van der Waals surface area (Å²) >= 11 is 0.